The molecule has 122 valence electrons. The number of carbonyl (C=O) groups is 2. The van der Waals surface area contributed by atoms with Gasteiger partial charge < -0.3 is 15.5 Å². The lowest BCUT2D eigenvalue weighted by atomic mass is 9.93. The minimum Gasteiger partial charge on any atom is -0.346 e. The third kappa shape index (κ3) is 4.99. The highest BCUT2D eigenvalue weighted by Gasteiger charge is 2.31. The average molecular weight is 297 g/mol. The molecule has 21 heavy (non-hydrogen) atoms. The molecule has 2 unspecified atom stereocenters. The van der Waals surface area contributed by atoms with Crippen molar-refractivity contribution < 1.29 is 9.59 Å². The molecule has 0 aromatic rings. The van der Waals surface area contributed by atoms with Crippen molar-refractivity contribution in [1.29, 1.82) is 0 Å². The molecule has 0 aromatic heterocycles. The van der Waals surface area contributed by atoms with E-state index in [-0.39, 0.29) is 29.7 Å². The van der Waals surface area contributed by atoms with Crippen LogP contribution >= 0.6 is 0 Å². The first-order valence-electron chi connectivity index (χ1n) is 8.17. The largest absolute Gasteiger partial charge is 0.346 e. The zero-order valence-electron chi connectivity index (χ0n) is 14.0. The fourth-order valence-electron chi connectivity index (χ4n) is 2.68. The van der Waals surface area contributed by atoms with Crippen LogP contribution in [-0.2, 0) is 9.59 Å². The first-order chi connectivity index (χ1) is 9.88. The van der Waals surface area contributed by atoms with Crippen LogP contribution in [0.5, 0.6) is 0 Å². The van der Waals surface area contributed by atoms with E-state index in [9.17, 15) is 9.59 Å². The maximum absolute atomic E-state index is 12.3. The van der Waals surface area contributed by atoms with E-state index in [0.29, 0.717) is 13.1 Å². The normalized spacial score (nSPS) is 19.2. The Kier molecular flexibility index (Phi) is 7.15. The highest BCUT2D eigenvalue weighted by Crippen LogP contribution is 2.21. The predicted octanol–water partition coefficient (Wildman–Crippen LogP) is 1.47. The molecule has 1 aliphatic rings. The summed E-state index contributed by atoms with van der Waals surface area (Å²) in [4.78, 5) is 28.3. The Morgan fingerprint density at radius 3 is 2.33 bits per heavy atom. The molecule has 0 bridgehead atoms. The van der Waals surface area contributed by atoms with Crippen LogP contribution in [0.2, 0.25) is 0 Å². The molecular weight excluding hydrogens is 266 g/mol. The molecule has 1 heterocycles. The van der Waals surface area contributed by atoms with E-state index in [2.05, 4.69) is 6.92 Å². The summed E-state index contributed by atoms with van der Waals surface area (Å²) in [6.45, 7) is 8.05. The van der Waals surface area contributed by atoms with Crippen LogP contribution in [-0.4, -0.2) is 54.3 Å². The highest BCUT2D eigenvalue weighted by molar-refractivity contribution is 5.81. The van der Waals surface area contributed by atoms with Crippen molar-refractivity contribution in [3.63, 3.8) is 0 Å². The molecule has 1 fully saturated rings. The van der Waals surface area contributed by atoms with Gasteiger partial charge in [-0.1, -0.05) is 20.3 Å². The van der Waals surface area contributed by atoms with Crippen LogP contribution < -0.4 is 5.73 Å². The standard InChI is InChI=1S/C16H31N3O2/c1-5-6-9-18(4)16(21)14-7-10-19(11-8-14)15(20)12(2)13(3)17/h12-14H,5-11,17H2,1-4H3. The van der Waals surface area contributed by atoms with E-state index in [1.54, 1.807) is 0 Å². The van der Waals surface area contributed by atoms with Crippen LogP contribution in [0.3, 0.4) is 0 Å². The summed E-state index contributed by atoms with van der Waals surface area (Å²) in [5, 5.41) is 0. The maximum atomic E-state index is 12.3. The minimum atomic E-state index is -0.149. The fourth-order valence-corrected chi connectivity index (χ4v) is 2.68. The van der Waals surface area contributed by atoms with Crippen molar-refractivity contribution in [1.82, 2.24) is 9.80 Å². The molecule has 0 spiro atoms. The monoisotopic (exact) mass is 297 g/mol. The lowest BCUT2D eigenvalue weighted by Gasteiger charge is -2.35. The minimum absolute atomic E-state index is 0.0708. The quantitative estimate of drug-likeness (QED) is 0.807. The molecule has 2 amide bonds. The van der Waals surface area contributed by atoms with Crippen molar-refractivity contribution in [2.75, 3.05) is 26.7 Å². The highest BCUT2D eigenvalue weighted by atomic mass is 16.2. The summed E-state index contributed by atoms with van der Waals surface area (Å²) < 4.78 is 0. The molecule has 2 atom stereocenters. The summed E-state index contributed by atoms with van der Waals surface area (Å²) in [7, 11) is 1.88. The SMILES string of the molecule is CCCCN(C)C(=O)C1CCN(C(=O)C(C)C(C)N)CC1. The van der Waals surface area contributed by atoms with Crippen LogP contribution in [0.25, 0.3) is 0 Å². The third-order valence-corrected chi connectivity index (χ3v) is 4.56. The summed E-state index contributed by atoms with van der Waals surface area (Å²) in [6, 6.07) is -0.128. The molecule has 0 aromatic carbocycles. The van der Waals surface area contributed by atoms with Crippen LogP contribution in [0.4, 0.5) is 0 Å². The number of nitrogens with zero attached hydrogens (tertiary/aromatic N) is 2. The smallest absolute Gasteiger partial charge is 0.226 e. The van der Waals surface area contributed by atoms with Gasteiger partial charge in [-0.3, -0.25) is 9.59 Å². The molecule has 1 rings (SSSR count). The zero-order valence-corrected chi connectivity index (χ0v) is 14.0. The van der Waals surface area contributed by atoms with Gasteiger partial charge >= 0.3 is 0 Å². The first kappa shape index (κ1) is 18.0. The molecule has 5 heteroatoms. The maximum Gasteiger partial charge on any atom is 0.226 e. The van der Waals surface area contributed by atoms with Crippen LogP contribution in [0.1, 0.15) is 46.5 Å². The van der Waals surface area contributed by atoms with Gasteiger partial charge in [-0.2, -0.15) is 0 Å². The van der Waals surface area contributed by atoms with E-state index in [0.717, 1.165) is 32.2 Å². The second-order valence-corrected chi connectivity index (χ2v) is 6.36. The summed E-state index contributed by atoms with van der Waals surface area (Å²) in [6.07, 6.45) is 3.69. The topological polar surface area (TPSA) is 66.6 Å². The average Bonchev–Trinajstić information content (AvgIpc) is 2.50. The Morgan fingerprint density at radius 1 is 1.29 bits per heavy atom. The van der Waals surface area contributed by atoms with Gasteiger partial charge in [0.1, 0.15) is 0 Å². The molecule has 0 radical (unpaired) electrons. The van der Waals surface area contributed by atoms with E-state index < -0.39 is 0 Å². The second-order valence-electron chi connectivity index (χ2n) is 6.36. The number of nitrogens with two attached hydrogens (primary N) is 1. The number of hydrogen-bond acceptors (Lipinski definition) is 3. The van der Waals surface area contributed by atoms with Crippen molar-refractivity contribution >= 4 is 11.8 Å². The molecule has 5 nitrogen and oxygen atoms in total. The van der Waals surface area contributed by atoms with Crippen LogP contribution in [0.15, 0.2) is 0 Å². The van der Waals surface area contributed by atoms with Crippen molar-refractivity contribution in [2.24, 2.45) is 17.6 Å². The lowest BCUT2D eigenvalue weighted by Crippen LogP contribution is -2.47. The van der Waals surface area contributed by atoms with Gasteiger partial charge in [0.15, 0.2) is 0 Å². The summed E-state index contributed by atoms with van der Waals surface area (Å²) in [5.41, 5.74) is 5.80. The number of carbonyl (C=O) groups excluding carboxylic acids is 2. The van der Waals surface area contributed by atoms with Crippen molar-refractivity contribution in [2.45, 2.75) is 52.5 Å². The Hall–Kier alpha value is -1.10. The Balaban J connectivity index is 2.44. The third-order valence-electron chi connectivity index (χ3n) is 4.56. The zero-order chi connectivity index (χ0) is 16.0. The number of unbranched alkanes of at least 4 members (excludes halogenated alkanes) is 1. The van der Waals surface area contributed by atoms with Crippen molar-refractivity contribution in [3.8, 4) is 0 Å². The van der Waals surface area contributed by atoms with Gasteiger partial charge in [0.05, 0.1) is 5.92 Å². The van der Waals surface area contributed by atoms with Gasteiger partial charge in [0.2, 0.25) is 11.8 Å². The number of likely N-dealkylation sites (tertiary alicyclic amines) is 1. The van der Waals surface area contributed by atoms with Gasteiger partial charge in [-0.25, -0.2) is 0 Å². The molecular formula is C16H31N3O2. The summed E-state index contributed by atoms with van der Waals surface area (Å²) in [5.74, 6) is 0.275. The number of hydrogen-bond donors (Lipinski definition) is 1. The predicted molar refractivity (Wildman–Crippen MR) is 84.7 cm³/mol. The Labute approximate surface area is 128 Å². The fraction of sp³-hybridized carbons (Fsp3) is 0.875. The Bertz CT molecular complexity index is 349. The molecule has 1 saturated heterocycles. The first-order valence-corrected chi connectivity index (χ1v) is 8.17. The number of piperidine rings is 1. The van der Waals surface area contributed by atoms with E-state index in [1.807, 2.05) is 30.7 Å². The molecule has 0 aliphatic carbocycles. The van der Waals surface area contributed by atoms with Gasteiger partial charge in [-0.05, 0) is 26.2 Å². The Morgan fingerprint density at radius 2 is 1.86 bits per heavy atom. The molecule has 1 aliphatic heterocycles. The lowest BCUT2D eigenvalue weighted by molar-refractivity contribution is -0.142. The second kappa shape index (κ2) is 8.37. The number of rotatable bonds is 6. The molecule has 0 saturated carbocycles. The van der Waals surface area contributed by atoms with Gasteiger partial charge in [0, 0.05) is 38.6 Å². The van der Waals surface area contributed by atoms with E-state index >= 15 is 0 Å². The van der Waals surface area contributed by atoms with E-state index in [4.69, 9.17) is 5.73 Å². The van der Waals surface area contributed by atoms with Gasteiger partial charge in [0.25, 0.3) is 0 Å². The number of amides is 2. The van der Waals surface area contributed by atoms with E-state index in [1.165, 1.54) is 0 Å². The molecule has 2 N–H and O–H groups in total. The van der Waals surface area contributed by atoms with Crippen LogP contribution in [0, 0.1) is 11.8 Å². The summed E-state index contributed by atoms with van der Waals surface area (Å²) >= 11 is 0. The van der Waals surface area contributed by atoms with Crippen molar-refractivity contribution in [3.05, 3.63) is 0 Å². The van der Waals surface area contributed by atoms with Gasteiger partial charge in [-0.15, -0.1) is 0 Å².